The van der Waals surface area contributed by atoms with Crippen molar-refractivity contribution < 1.29 is 22.0 Å². The molecule has 0 aliphatic heterocycles. The van der Waals surface area contributed by atoms with Gasteiger partial charge >= 0.3 is 12.1 Å². The van der Waals surface area contributed by atoms with Gasteiger partial charge in [0, 0.05) is 4.88 Å². The van der Waals surface area contributed by atoms with Crippen LogP contribution in [0.2, 0.25) is 5.02 Å². The SMILES string of the molecule is CCNC(c1sccc1Cl)C(F)(F)C(F)(F)F. The van der Waals surface area contributed by atoms with Crippen LogP contribution in [-0.2, 0) is 0 Å². The van der Waals surface area contributed by atoms with Gasteiger partial charge in [0.05, 0.1) is 5.02 Å². The van der Waals surface area contributed by atoms with Gasteiger partial charge in [-0.15, -0.1) is 11.3 Å². The lowest BCUT2D eigenvalue weighted by atomic mass is 10.1. The zero-order valence-electron chi connectivity index (χ0n) is 8.62. The molecular formula is C9H9ClF5NS. The Balaban J connectivity index is 3.14. The number of alkyl halides is 5. The Hall–Kier alpha value is -0.400. The Bertz CT molecular complexity index is 376. The molecule has 1 unspecified atom stereocenters. The summed E-state index contributed by atoms with van der Waals surface area (Å²) >= 11 is 6.36. The molecule has 0 radical (unpaired) electrons. The highest BCUT2D eigenvalue weighted by Crippen LogP contribution is 2.47. The van der Waals surface area contributed by atoms with Gasteiger partial charge in [-0.1, -0.05) is 18.5 Å². The lowest BCUT2D eigenvalue weighted by Gasteiger charge is -2.28. The van der Waals surface area contributed by atoms with Crippen molar-refractivity contribution in [1.29, 1.82) is 0 Å². The van der Waals surface area contributed by atoms with E-state index in [9.17, 15) is 22.0 Å². The second-order valence-electron chi connectivity index (χ2n) is 3.24. The molecule has 0 aromatic carbocycles. The Labute approximate surface area is 104 Å². The lowest BCUT2D eigenvalue weighted by Crippen LogP contribution is -2.47. The summed E-state index contributed by atoms with van der Waals surface area (Å²) in [6.07, 6.45) is -5.62. The Morgan fingerprint density at radius 3 is 2.29 bits per heavy atom. The van der Waals surface area contributed by atoms with Crippen molar-refractivity contribution >= 4 is 22.9 Å². The maximum absolute atomic E-state index is 13.3. The monoisotopic (exact) mass is 293 g/mol. The Kier molecular flexibility index (Phi) is 4.38. The van der Waals surface area contributed by atoms with E-state index in [0.717, 1.165) is 11.3 Å². The number of hydrogen-bond acceptors (Lipinski definition) is 2. The lowest BCUT2D eigenvalue weighted by molar-refractivity contribution is -0.294. The molecule has 0 amide bonds. The van der Waals surface area contributed by atoms with E-state index in [2.05, 4.69) is 5.32 Å². The molecule has 1 nitrogen and oxygen atoms in total. The van der Waals surface area contributed by atoms with Crippen LogP contribution in [-0.4, -0.2) is 18.6 Å². The van der Waals surface area contributed by atoms with Gasteiger partial charge in [-0.3, -0.25) is 0 Å². The predicted octanol–water partition coefficient (Wildman–Crippen LogP) is 4.25. The van der Waals surface area contributed by atoms with E-state index in [-0.39, 0.29) is 16.4 Å². The summed E-state index contributed by atoms with van der Waals surface area (Å²) in [4.78, 5) is -0.212. The fraction of sp³-hybridized carbons (Fsp3) is 0.556. The molecule has 98 valence electrons. The van der Waals surface area contributed by atoms with Gasteiger partial charge in [-0.05, 0) is 18.0 Å². The smallest absolute Gasteiger partial charge is 0.304 e. The van der Waals surface area contributed by atoms with E-state index in [0.29, 0.717) is 0 Å². The highest BCUT2D eigenvalue weighted by atomic mass is 35.5. The molecule has 17 heavy (non-hydrogen) atoms. The average molecular weight is 294 g/mol. The molecule has 1 heterocycles. The van der Waals surface area contributed by atoms with Crippen LogP contribution in [0.15, 0.2) is 11.4 Å². The number of halogens is 6. The van der Waals surface area contributed by atoms with Crippen molar-refractivity contribution in [2.75, 3.05) is 6.54 Å². The molecule has 0 spiro atoms. The summed E-state index contributed by atoms with van der Waals surface area (Å²) < 4.78 is 63.5. The van der Waals surface area contributed by atoms with Crippen LogP contribution in [0.3, 0.4) is 0 Å². The fourth-order valence-electron chi connectivity index (χ4n) is 1.26. The van der Waals surface area contributed by atoms with E-state index < -0.39 is 18.1 Å². The van der Waals surface area contributed by atoms with Crippen LogP contribution in [0, 0.1) is 0 Å². The molecular weight excluding hydrogens is 285 g/mol. The van der Waals surface area contributed by atoms with Crippen LogP contribution < -0.4 is 5.32 Å². The normalized spacial score (nSPS) is 15.0. The minimum absolute atomic E-state index is 0.0232. The molecule has 0 aliphatic carbocycles. The molecule has 0 saturated carbocycles. The van der Waals surface area contributed by atoms with Crippen LogP contribution >= 0.6 is 22.9 Å². The molecule has 0 bridgehead atoms. The van der Waals surface area contributed by atoms with Crippen LogP contribution in [0.4, 0.5) is 22.0 Å². The van der Waals surface area contributed by atoms with E-state index in [1.54, 1.807) is 0 Å². The molecule has 0 fully saturated rings. The third-order valence-corrected chi connectivity index (χ3v) is 3.48. The van der Waals surface area contributed by atoms with E-state index in [1.807, 2.05) is 0 Å². The second kappa shape index (κ2) is 5.07. The van der Waals surface area contributed by atoms with Gasteiger partial charge in [0.15, 0.2) is 0 Å². The van der Waals surface area contributed by atoms with Crippen molar-refractivity contribution in [1.82, 2.24) is 5.32 Å². The van der Waals surface area contributed by atoms with Crippen LogP contribution in [0.25, 0.3) is 0 Å². The zero-order valence-corrected chi connectivity index (χ0v) is 10.2. The van der Waals surface area contributed by atoms with Crippen molar-refractivity contribution in [3.05, 3.63) is 21.3 Å². The molecule has 8 heteroatoms. The zero-order chi connectivity index (χ0) is 13.3. The van der Waals surface area contributed by atoms with Crippen LogP contribution in [0.5, 0.6) is 0 Å². The quantitative estimate of drug-likeness (QED) is 0.818. The summed E-state index contributed by atoms with van der Waals surface area (Å²) in [6, 6.07) is -0.863. The maximum Gasteiger partial charge on any atom is 0.455 e. The molecule has 1 aromatic heterocycles. The third-order valence-electron chi connectivity index (χ3n) is 2.06. The third kappa shape index (κ3) is 2.89. The van der Waals surface area contributed by atoms with Crippen molar-refractivity contribution in [3.63, 3.8) is 0 Å². The first-order valence-corrected chi connectivity index (χ1v) is 5.88. The van der Waals surface area contributed by atoms with E-state index in [1.165, 1.54) is 18.4 Å². The van der Waals surface area contributed by atoms with Gasteiger partial charge in [0.2, 0.25) is 0 Å². The largest absolute Gasteiger partial charge is 0.455 e. The molecule has 0 aliphatic rings. The maximum atomic E-state index is 13.3. The van der Waals surface area contributed by atoms with Gasteiger partial charge in [-0.2, -0.15) is 22.0 Å². The van der Waals surface area contributed by atoms with Crippen molar-refractivity contribution in [3.8, 4) is 0 Å². The first kappa shape index (κ1) is 14.7. The van der Waals surface area contributed by atoms with E-state index >= 15 is 0 Å². The van der Waals surface area contributed by atoms with Gasteiger partial charge in [0.25, 0.3) is 0 Å². The van der Waals surface area contributed by atoms with Crippen molar-refractivity contribution in [2.24, 2.45) is 0 Å². The number of thiophene rings is 1. The topological polar surface area (TPSA) is 12.0 Å². The Morgan fingerprint density at radius 2 is 1.94 bits per heavy atom. The van der Waals surface area contributed by atoms with E-state index in [4.69, 9.17) is 11.6 Å². The molecule has 1 rings (SSSR count). The molecule has 0 saturated heterocycles. The standard InChI is InChI=1S/C9H9ClF5NS/c1-2-16-7(6-5(10)3-4-17-6)8(11,12)9(13,14)15/h3-4,7,16H,2H2,1H3. The number of nitrogens with one attached hydrogen (secondary N) is 1. The summed E-state index contributed by atoms with van der Waals surface area (Å²) in [7, 11) is 0. The minimum Gasteiger partial charge on any atom is -0.304 e. The highest BCUT2D eigenvalue weighted by molar-refractivity contribution is 7.10. The second-order valence-corrected chi connectivity index (χ2v) is 4.60. The minimum atomic E-state index is -5.62. The fourth-order valence-corrected chi connectivity index (χ4v) is 2.54. The van der Waals surface area contributed by atoms with Crippen LogP contribution in [0.1, 0.15) is 17.8 Å². The predicted molar refractivity (Wildman–Crippen MR) is 56.7 cm³/mol. The molecule has 1 N–H and O–H groups in total. The average Bonchev–Trinajstić information content (AvgIpc) is 2.58. The molecule has 1 atom stereocenters. The number of rotatable bonds is 4. The summed E-state index contributed by atoms with van der Waals surface area (Å²) in [6.45, 7) is 1.42. The van der Waals surface area contributed by atoms with Gasteiger partial charge in [-0.25, -0.2) is 0 Å². The summed E-state index contributed by atoms with van der Waals surface area (Å²) in [5.41, 5.74) is 0. The van der Waals surface area contributed by atoms with Crippen molar-refractivity contribution in [2.45, 2.75) is 25.1 Å². The Morgan fingerprint density at radius 1 is 1.35 bits per heavy atom. The first-order valence-electron chi connectivity index (χ1n) is 4.62. The van der Waals surface area contributed by atoms with Gasteiger partial charge < -0.3 is 5.32 Å². The molecule has 1 aromatic rings. The first-order chi connectivity index (χ1) is 7.71. The summed E-state index contributed by atoms with van der Waals surface area (Å²) in [5, 5.41) is 3.41. The van der Waals surface area contributed by atoms with Gasteiger partial charge in [0.1, 0.15) is 6.04 Å². The summed E-state index contributed by atoms with van der Waals surface area (Å²) in [5.74, 6) is -4.86. The number of hydrogen-bond donors (Lipinski definition) is 1. The highest BCUT2D eigenvalue weighted by Gasteiger charge is 2.63.